The Morgan fingerprint density at radius 2 is 1.73 bits per heavy atom. The first-order chi connectivity index (χ1) is 12.6. The van der Waals surface area contributed by atoms with Gasteiger partial charge in [-0.25, -0.2) is 4.79 Å². The third kappa shape index (κ3) is 4.97. The summed E-state index contributed by atoms with van der Waals surface area (Å²) in [6.45, 7) is 5.17. The first kappa shape index (κ1) is 18.7. The summed E-state index contributed by atoms with van der Waals surface area (Å²) in [5.74, 6) is 0. The predicted octanol–water partition coefficient (Wildman–Crippen LogP) is 3.92. The fraction of sp³-hybridized carbons (Fsp3) is 0.350. The molecular formula is C20H24ClN3O2. The molecule has 0 unspecified atom stereocenters. The van der Waals surface area contributed by atoms with Crippen molar-refractivity contribution in [3.8, 4) is 0 Å². The van der Waals surface area contributed by atoms with E-state index in [1.165, 1.54) is 5.56 Å². The van der Waals surface area contributed by atoms with Crippen molar-refractivity contribution in [2.24, 2.45) is 0 Å². The van der Waals surface area contributed by atoms with Crippen LogP contribution < -0.4 is 10.6 Å². The SMILES string of the molecule is C[C@H](NC(=O)Nc1ccc(Cl)cc1)[C@H](c1ccccc1)N1CCOCC1. The molecule has 1 aliphatic rings. The molecule has 3 rings (SSSR count). The van der Waals surface area contributed by atoms with Crippen LogP contribution >= 0.6 is 11.6 Å². The van der Waals surface area contributed by atoms with Crippen LogP contribution in [0.5, 0.6) is 0 Å². The lowest BCUT2D eigenvalue weighted by Gasteiger charge is -2.38. The van der Waals surface area contributed by atoms with Gasteiger partial charge < -0.3 is 15.4 Å². The maximum Gasteiger partial charge on any atom is 0.319 e. The number of ether oxygens (including phenoxy) is 1. The largest absolute Gasteiger partial charge is 0.379 e. The highest BCUT2D eigenvalue weighted by Crippen LogP contribution is 2.25. The summed E-state index contributed by atoms with van der Waals surface area (Å²) < 4.78 is 5.48. The molecule has 0 aliphatic carbocycles. The first-order valence-electron chi connectivity index (χ1n) is 8.83. The number of carbonyl (C=O) groups excluding carboxylic acids is 1. The molecule has 6 heteroatoms. The van der Waals surface area contributed by atoms with E-state index in [0.717, 1.165) is 13.1 Å². The predicted molar refractivity (Wildman–Crippen MR) is 105 cm³/mol. The van der Waals surface area contributed by atoms with Crippen LogP contribution in [0.25, 0.3) is 0 Å². The van der Waals surface area contributed by atoms with Gasteiger partial charge in [0.25, 0.3) is 0 Å². The van der Waals surface area contributed by atoms with Gasteiger partial charge in [-0.05, 0) is 36.8 Å². The zero-order valence-corrected chi connectivity index (χ0v) is 15.6. The molecule has 1 heterocycles. The number of carbonyl (C=O) groups is 1. The van der Waals surface area contributed by atoms with E-state index in [-0.39, 0.29) is 18.1 Å². The number of morpholine rings is 1. The number of urea groups is 1. The zero-order valence-electron chi connectivity index (χ0n) is 14.8. The Morgan fingerprint density at radius 1 is 1.08 bits per heavy atom. The fourth-order valence-corrected chi connectivity index (χ4v) is 3.43. The topological polar surface area (TPSA) is 53.6 Å². The van der Waals surface area contributed by atoms with E-state index in [4.69, 9.17) is 16.3 Å². The number of anilines is 1. The highest BCUT2D eigenvalue weighted by molar-refractivity contribution is 6.30. The molecule has 1 aliphatic heterocycles. The van der Waals surface area contributed by atoms with Crippen LogP contribution in [0.1, 0.15) is 18.5 Å². The Morgan fingerprint density at radius 3 is 2.38 bits per heavy atom. The van der Waals surface area contributed by atoms with Gasteiger partial charge in [0.2, 0.25) is 0 Å². The molecule has 26 heavy (non-hydrogen) atoms. The minimum Gasteiger partial charge on any atom is -0.379 e. The fourth-order valence-electron chi connectivity index (χ4n) is 3.31. The standard InChI is InChI=1S/C20H24ClN3O2/c1-15(22-20(25)23-18-9-7-17(21)8-10-18)19(16-5-3-2-4-6-16)24-11-13-26-14-12-24/h2-10,15,19H,11-14H2,1H3,(H2,22,23,25)/t15-,19+/m0/s1. The van der Waals surface area contributed by atoms with Crippen molar-refractivity contribution in [3.05, 3.63) is 65.2 Å². The monoisotopic (exact) mass is 373 g/mol. The van der Waals surface area contributed by atoms with E-state index in [0.29, 0.717) is 23.9 Å². The Balaban J connectivity index is 1.69. The molecule has 0 aromatic heterocycles. The second kappa shape index (κ2) is 9.03. The van der Waals surface area contributed by atoms with Gasteiger partial charge in [0.05, 0.1) is 19.3 Å². The van der Waals surface area contributed by atoms with E-state index < -0.39 is 0 Å². The number of benzene rings is 2. The van der Waals surface area contributed by atoms with Crippen molar-refractivity contribution >= 4 is 23.3 Å². The normalized spacial score (nSPS) is 17.3. The molecule has 2 aromatic carbocycles. The first-order valence-corrected chi connectivity index (χ1v) is 9.21. The summed E-state index contributed by atoms with van der Waals surface area (Å²) in [4.78, 5) is 14.8. The van der Waals surface area contributed by atoms with Crippen LogP contribution in [0, 0.1) is 0 Å². The molecule has 1 saturated heterocycles. The average Bonchev–Trinajstić information content (AvgIpc) is 2.65. The molecule has 138 valence electrons. The van der Waals surface area contributed by atoms with Crippen LogP contribution in [-0.4, -0.2) is 43.3 Å². The number of rotatable bonds is 5. The van der Waals surface area contributed by atoms with Crippen molar-refractivity contribution in [2.75, 3.05) is 31.6 Å². The summed E-state index contributed by atoms with van der Waals surface area (Å²) in [6.07, 6.45) is 0. The Hall–Kier alpha value is -2.08. The maximum atomic E-state index is 12.4. The number of hydrogen-bond donors (Lipinski definition) is 2. The van der Waals surface area contributed by atoms with E-state index in [2.05, 4.69) is 27.7 Å². The Labute approximate surface area is 159 Å². The van der Waals surface area contributed by atoms with Crippen LogP contribution in [0.4, 0.5) is 10.5 Å². The van der Waals surface area contributed by atoms with Gasteiger partial charge in [-0.2, -0.15) is 0 Å². The Kier molecular flexibility index (Phi) is 6.50. The average molecular weight is 374 g/mol. The van der Waals surface area contributed by atoms with Gasteiger partial charge in [0.15, 0.2) is 0 Å². The number of nitrogens with zero attached hydrogens (tertiary/aromatic N) is 1. The molecule has 1 fully saturated rings. The molecular weight excluding hydrogens is 350 g/mol. The minimum atomic E-state index is -0.228. The van der Waals surface area contributed by atoms with Gasteiger partial charge in [0, 0.05) is 29.8 Å². The van der Waals surface area contributed by atoms with Gasteiger partial charge >= 0.3 is 6.03 Å². The van der Waals surface area contributed by atoms with Gasteiger partial charge in [-0.1, -0.05) is 41.9 Å². The number of halogens is 1. The van der Waals surface area contributed by atoms with E-state index in [1.807, 2.05) is 25.1 Å². The lowest BCUT2D eigenvalue weighted by Crippen LogP contribution is -2.49. The van der Waals surface area contributed by atoms with Crippen molar-refractivity contribution in [1.82, 2.24) is 10.2 Å². The van der Waals surface area contributed by atoms with E-state index in [1.54, 1.807) is 24.3 Å². The quantitative estimate of drug-likeness (QED) is 0.835. The van der Waals surface area contributed by atoms with Crippen molar-refractivity contribution in [2.45, 2.75) is 19.0 Å². The molecule has 0 spiro atoms. The highest BCUT2D eigenvalue weighted by atomic mass is 35.5. The van der Waals surface area contributed by atoms with Crippen molar-refractivity contribution in [3.63, 3.8) is 0 Å². The third-order valence-electron chi connectivity index (χ3n) is 4.51. The summed E-state index contributed by atoms with van der Waals surface area (Å²) in [5, 5.41) is 6.57. The minimum absolute atomic E-state index is 0.0669. The lowest BCUT2D eigenvalue weighted by atomic mass is 9.98. The Bertz CT molecular complexity index is 703. The molecule has 2 N–H and O–H groups in total. The number of amides is 2. The van der Waals surface area contributed by atoms with E-state index >= 15 is 0 Å². The highest BCUT2D eigenvalue weighted by Gasteiger charge is 2.28. The van der Waals surface area contributed by atoms with Crippen molar-refractivity contribution < 1.29 is 9.53 Å². The van der Waals surface area contributed by atoms with Gasteiger partial charge in [-0.3, -0.25) is 4.90 Å². The molecule has 2 atom stereocenters. The van der Waals surface area contributed by atoms with Crippen LogP contribution in [0.2, 0.25) is 5.02 Å². The van der Waals surface area contributed by atoms with Crippen LogP contribution in [0.3, 0.4) is 0 Å². The summed E-state index contributed by atoms with van der Waals surface area (Å²) >= 11 is 5.88. The summed E-state index contributed by atoms with van der Waals surface area (Å²) in [7, 11) is 0. The molecule has 0 radical (unpaired) electrons. The second-order valence-electron chi connectivity index (χ2n) is 6.40. The number of hydrogen-bond acceptors (Lipinski definition) is 3. The summed E-state index contributed by atoms with van der Waals surface area (Å²) in [6, 6.07) is 17.1. The maximum absolute atomic E-state index is 12.4. The number of nitrogens with one attached hydrogen (secondary N) is 2. The van der Waals surface area contributed by atoms with E-state index in [9.17, 15) is 4.79 Å². The molecule has 2 amide bonds. The van der Waals surface area contributed by atoms with Crippen LogP contribution in [-0.2, 0) is 4.74 Å². The summed E-state index contributed by atoms with van der Waals surface area (Å²) in [5.41, 5.74) is 1.90. The molecule has 2 aromatic rings. The zero-order chi connectivity index (χ0) is 18.4. The van der Waals surface area contributed by atoms with Gasteiger partial charge in [0.1, 0.15) is 0 Å². The molecule has 0 bridgehead atoms. The second-order valence-corrected chi connectivity index (χ2v) is 6.83. The third-order valence-corrected chi connectivity index (χ3v) is 4.77. The lowest BCUT2D eigenvalue weighted by molar-refractivity contribution is 0.00974. The van der Waals surface area contributed by atoms with Crippen LogP contribution in [0.15, 0.2) is 54.6 Å². The smallest absolute Gasteiger partial charge is 0.319 e. The molecule has 5 nitrogen and oxygen atoms in total. The van der Waals surface area contributed by atoms with Gasteiger partial charge in [-0.15, -0.1) is 0 Å². The molecule has 0 saturated carbocycles. The van der Waals surface area contributed by atoms with Crippen molar-refractivity contribution in [1.29, 1.82) is 0 Å².